The largest absolute Gasteiger partial charge is 0.423 e. The standard InChI is InChI=1S/C23H15Cl2N3O3S2/c24-17-10-7-15(11-18(17)25)22(30)31-16-8-5-14(6-9-16)12-26-28-21(29)13-32-23-27-19-3-1-2-4-20(19)33-23/h1-12H,13H2,(H,28,29)/b26-12-. The molecule has 4 aromatic rings. The van der Waals surface area contributed by atoms with Gasteiger partial charge in [0.1, 0.15) is 5.75 Å². The predicted octanol–water partition coefficient (Wildman–Crippen LogP) is 6.06. The fourth-order valence-electron chi connectivity index (χ4n) is 2.66. The minimum Gasteiger partial charge on any atom is -0.423 e. The first-order valence-electron chi connectivity index (χ1n) is 9.55. The van der Waals surface area contributed by atoms with E-state index in [1.54, 1.807) is 35.6 Å². The Bertz CT molecular complexity index is 1310. The third kappa shape index (κ3) is 6.33. The summed E-state index contributed by atoms with van der Waals surface area (Å²) in [5.41, 5.74) is 4.44. The number of nitrogens with one attached hydrogen (secondary N) is 1. The summed E-state index contributed by atoms with van der Waals surface area (Å²) < 4.78 is 7.25. The van der Waals surface area contributed by atoms with Gasteiger partial charge in [0, 0.05) is 0 Å². The fourth-order valence-corrected chi connectivity index (χ4v) is 4.82. The zero-order valence-corrected chi connectivity index (χ0v) is 20.0. The zero-order chi connectivity index (χ0) is 23.2. The van der Waals surface area contributed by atoms with Crippen LogP contribution in [0.15, 0.2) is 76.2 Å². The number of thioether (sulfide) groups is 1. The van der Waals surface area contributed by atoms with Crippen molar-refractivity contribution < 1.29 is 14.3 Å². The van der Waals surface area contributed by atoms with Gasteiger partial charge in [0.25, 0.3) is 5.91 Å². The molecular formula is C23H15Cl2N3O3S2. The van der Waals surface area contributed by atoms with Gasteiger partial charge in [0.15, 0.2) is 4.34 Å². The van der Waals surface area contributed by atoms with Gasteiger partial charge in [-0.05, 0) is 60.2 Å². The van der Waals surface area contributed by atoms with Gasteiger partial charge in [-0.15, -0.1) is 11.3 Å². The van der Waals surface area contributed by atoms with Crippen LogP contribution in [0.2, 0.25) is 10.0 Å². The van der Waals surface area contributed by atoms with Gasteiger partial charge in [-0.3, -0.25) is 4.79 Å². The first kappa shape index (κ1) is 23.3. The van der Waals surface area contributed by atoms with E-state index in [2.05, 4.69) is 15.5 Å². The van der Waals surface area contributed by atoms with Crippen LogP contribution in [-0.4, -0.2) is 28.8 Å². The zero-order valence-electron chi connectivity index (χ0n) is 16.8. The lowest BCUT2D eigenvalue weighted by atomic mass is 10.2. The van der Waals surface area contributed by atoms with E-state index >= 15 is 0 Å². The molecule has 0 saturated carbocycles. The van der Waals surface area contributed by atoms with Crippen molar-refractivity contribution in [3.8, 4) is 5.75 Å². The Labute approximate surface area is 207 Å². The Kier molecular flexibility index (Phi) is 7.61. The summed E-state index contributed by atoms with van der Waals surface area (Å²) in [6.07, 6.45) is 1.50. The highest BCUT2D eigenvalue weighted by Crippen LogP contribution is 2.29. The van der Waals surface area contributed by atoms with Crippen LogP contribution in [0.5, 0.6) is 5.75 Å². The topological polar surface area (TPSA) is 80.7 Å². The summed E-state index contributed by atoms with van der Waals surface area (Å²) in [4.78, 5) is 28.7. The van der Waals surface area contributed by atoms with Crippen molar-refractivity contribution in [2.45, 2.75) is 4.34 Å². The maximum absolute atomic E-state index is 12.2. The first-order chi connectivity index (χ1) is 16.0. The Balaban J connectivity index is 1.25. The Morgan fingerprint density at radius 3 is 2.61 bits per heavy atom. The van der Waals surface area contributed by atoms with Crippen molar-refractivity contribution in [2.24, 2.45) is 5.10 Å². The molecule has 1 aromatic heterocycles. The number of hydrogen-bond donors (Lipinski definition) is 1. The van der Waals surface area contributed by atoms with Crippen LogP contribution in [0, 0.1) is 0 Å². The molecule has 10 heteroatoms. The lowest BCUT2D eigenvalue weighted by Crippen LogP contribution is -2.19. The van der Waals surface area contributed by atoms with Crippen molar-refractivity contribution in [3.05, 3.63) is 87.9 Å². The summed E-state index contributed by atoms with van der Waals surface area (Å²) in [6.45, 7) is 0. The number of hydrogen-bond acceptors (Lipinski definition) is 7. The van der Waals surface area contributed by atoms with Crippen molar-refractivity contribution in [1.29, 1.82) is 0 Å². The van der Waals surface area contributed by atoms with E-state index in [9.17, 15) is 9.59 Å². The average molecular weight is 516 g/mol. The van der Waals surface area contributed by atoms with Crippen LogP contribution in [0.4, 0.5) is 0 Å². The molecule has 0 unspecified atom stereocenters. The molecule has 0 radical (unpaired) electrons. The number of halogens is 2. The number of carbonyl (C=O) groups excluding carboxylic acids is 2. The molecule has 0 bridgehead atoms. The van der Waals surface area contributed by atoms with Crippen molar-refractivity contribution in [3.63, 3.8) is 0 Å². The first-order valence-corrected chi connectivity index (χ1v) is 12.1. The van der Waals surface area contributed by atoms with Crippen molar-refractivity contribution >= 4 is 74.6 Å². The number of fused-ring (bicyclic) bond motifs is 1. The monoisotopic (exact) mass is 515 g/mol. The smallest absolute Gasteiger partial charge is 0.343 e. The number of rotatable bonds is 7. The number of ether oxygens (including phenoxy) is 1. The number of hydrazone groups is 1. The second-order valence-electron chi connectivity index (χ2n) is 6.62. The van der Waals surface area contributed by atoms with Crippen LogP contribution in [0.1, 0.15) is 15.9 Å². The molecule has 3 aromatic carbocycles. The van der Waals surface area contributed by atoms with Crippen LogP contribution >= 0.6 is 46.3 Å². The number of aromatic nitrogens is 1. The summed E-state index contributed by atoms with van der Waals surface area (Å²) in [6, 6.07) is 19.0. The number of thiazole rings is 1. The van der Waals surface area contributed by atoms with E-state index < -0.39 is 5.97 Å². The Morgan fingerprint density at radius 2 is 1.85 bits per heavy atom. The molecule has 33 heavy (non-hydrogen) atoms. The summed E-state index contributed by atoms with van der Waals surface area (Å²) >= 11 is 14.7. The maximum atomic E-state index is 12.2. The molecule has 0 atom stereocenters. The Hall–Kier alpha value is -2.91. The fraction of sp³-hybridized carbons (Fsp3) is 0.0435. The van der Waals surface area contributed by atoms with Gasteiger partial charge in [-0.1, -0.05) is 47.1 Å². The highest BCUT2D eigenvalue weighted by atomic mass is 35.5. The van der Waals surface area contributed by atoms with Crippen LogP contribution in [0.25, 0.3) is 10.2 Å². The van der Waals surface area contributed by atoms with Crippen LogP contribution in [0.3, 0.4) is 0 Å². The third-order valence-electron chi connectivity index (χ3n) is 4.25. The molecule has 166 valence electrons. The summed E-state index contributed by atoms with van der Waals surface area (Å²) in [7, 11) is 0. The van der Waals surface area contributed by atoms with Gasteiger partial charge >= 0.3 is 5.97 Å². The molecule has 4 rings (SSSR count). The molecule has 1 heterocycles. The second kappa shape index (κ2) is 10.8. The van der Waals surface area contributed by atoms with Gasteiger partial charge < -0.3 is 4.74 Å². The predicted molar refractivity (Wildman–Crippen MR) is 134 cm³/mol. The number of nitrogens with zero attached hydrogens (tertiary/aromatic N) is 2. The minimum absolute atomic E-state index is 0.209. The molecule has 0 spiro atoms. The summed E-state index contributed by atoms with van der Waals surface area (Å²) in [5.74, 6) is -0.212. The van der Waals surface area contributed by atoms with E-state index in [1.807, 2.05) is 24.3 Å². The molecule has 0 fully saturated rings. The van der Waals surface area contributed by atoms with Crippen LogP contribution < -0.4 is 10.2 Å². The molecule has 0 aliphatic carbocycles. The highest BCUT2D eigenvalue weighted by Gasteiger charge is 2.11. The number of amides is 1. The number of esters is 1. The van der Waals surface area contributed by atoms with Gasteiger partial charge in [-0.25, -0.2) is 15.2 Å². The van der Waals surface area contributed by atoms with E-state index in [0.29, 0.717) is 16.3 Å². The molecular weight excluding hydrogens is 501 g/mol. The van der Waals surface area contributed by atoms with Gasteiger partial charge in [0.2, 0.25) is 0 Å². The average Bonchev–Trinajstić information content (AvgIpc) is 3.24. The van der Waals surface area contributed by atoms with E-state index in [0.717, 1.165) is 20.1 Å². The molecule has 1 N–H and O–H groups in total. The quantitative estimate of drug-likeness (QED) is 0.106. The van der Waals surface area contributed by atoms with Crippen molar-refractivity contribution in [2.75, 3.05) is 5.75 Å². The molecule has 0 aliphatic rings. The SMILES string of the molecule is O=C(CSc1nc2ccccc2s1)N/N=C\c1ccc(OC(=O)c2ccc(Cl)c(Cl)c2)cc1. The van der Waals surface area contributed by atoms with E-state index in [-0.39, 0.29) is 16.7 Å². The van der Waals surface area contributed by atoms with Gasteiger partial charge in [0.05, 0.1) is 37.8 Å². The minimum atomic E-state index is -0.548. The normalized spacial score (nSPS) is 11.1. The van der Waals surface area contributed by atoms with E-state index in [1.165, 1.54) is 36.2 Å². The van der Waals surface area contributed by atoms with Crippen LogP contribution in [-0.2, 0) is 4.79 Å². The third-order valence-corrected chi connectivity index (χ3v) is 7.17. The second-order valence-corrected chi connectivity index (χ2v) is 9.68. The lowest BCUT2D eigenvalue weighted by Gasteiger charge is -2.05. The molecule has 0 aliphatic heterocycles. The van der Waals surface area contributed by atoms with E-state index in [4.69, 9.17) is 27.9 Å². The number of para-hydroxylation sites is 1. The number of benzene rings is 3. The van der Waals surface area contributed by atoms with Crippen molar-refractivity contribution in [1.82, 2.24) is 10.4 Å². The Morgan fingerprint density at radius 1 is 1.06 bits per heavy atom. The molecule has 1 amide bonds. The molecule has 0 saturated heterocycles. The summed E-state index contributed by atoms with van der Waals surface area (Å²) in [5, 5.41) is 4.60. The van der Waals surface area contributed by atoms with Gasteiger partial charge in [-0.2, -0.15) is 5.10 Å². The lowest BCUT2D eigenvalue weighted by molar-refractivity contribution is -0.118. The number of carbonyl (C=O) groups is 2. The molecule has 6 nitrogen and oxygen atoms in total. The maximum Gasteiger partial charge on any atom is 0.343 e. The highest BCUT2D eigenvalue weighted by molar-refractivity contribution is 8.01.